The van der Waals surface area contributed by atoms with Crippen molar-refractivity contribution in [3.05, 3.63) is 29.3 Å². The number of aryl methyl sites for hydroxylation is 1. The zero-order chi connectivity index (χ0) is 14.4. The van der Waals surface area contributed by atoms with E-state index in [4.69, 9.17) is 14.2 Å². The lowest BCUT2D eigenvalue weighted by Crippen LogP contribution is -2.38. The van der Waals surface area contributed by atoms with Crippen LogP contribution in [0.1, 0.15) is 30.5 Å². The van der Waals surface area contributed by atoms with Gasteiger partial charge in [-0.15, -0.1) is 0 Å². The summed E-state index contributed by atoms with van der Waals surface area (Å²) in [6.45, 7) is 7.30. The second kappa shape index (κ2) is 7.62. The number of nitrogens with one attached hydrogen (secondary N) is 1. The molecule has 0 amide bonds. The minimum atomic E-state index is 0.158. The minimum absolute atomic E-state index is 0.158. The molecule has 4 nitrogen and oxygen atoms in total. The van der Waals surface area contributed by atoms with Crippen LogP contribution < -0.4 is 10.1 Å². The summed E-state index contributed by atoms with van der Waals surface area (Å²) >= 11 is 0. The number of rotatable bonds is 8. The summed E-state index contributed by atoms with van der Waals surface area (Å²) in [5.74, 6) is 0.915. The Hall–Kier alpha value is -1.10. The highest BCUT2D eigenvalue weighted by Gasteiger charge is 2.22. The molecule has 1 fully saturated rings. The van der Waals surface area contributed by atoms with Gasteiger partial charge in [0.2, 0.25) is 0 Å². The van der Waals surface area contributed by atoms with Crippen molar-refractivity contribution in [2.75, 3.05) is 33.5 Å². The van der Waals surface area contributed by atoms with Crippen LogP contribution in [-0.2, 0) is 9.47 Å². The van der Waals surface area contributed by atoms with E-state index in [1.165, 1.54) is 11.1 Å². The summed E-state index contributed by atoms with van der Waals surface area (Å²) in [6, 6.07) is 6.43. The molecule has 0 spiro atoms. The second-order valence-electron chi connectivity index (χ2n) is 5.24. The summed E-state index contributed by atoms with van der Waals surface area (Å²) in [4.78, 5) is 0. The molecule has 1 atom stereocenters. The molecule has 112 valence electrons. The quantitative estimate of drug-likeness (QED) is 0.793. The molecule has 20 heavy (non-hydrogen) atoms. The fourth-order valence-electron chi connectivity index (χ4n) is 2.25. The SMILES string of the molecule is CCCNC(COC1COC1)c1cc(C)ccc1OC. The molecule has 2 rings (SSSR count). The van der Waals surface area contributed by atoms with Crippen LogP contribution in [0.25, 0.3) is 0 Å². The Bertz CT molecular complexity index is 418. The lowest BCUT2D eigenvalue weighted by molar-refractivity contribution is -0.133. The Kier molecular flexibility index (Phi) is 5.83. The number of ether oxygens (including phenoxy) is 3. The molecule has 1 N–H and O–H groups in total. The van der Waals surface area contributed by atoms with Crippen molar-refractivity contribution in [1.82, 2.24) is 5.32 Å². The molecule has 1 aromatic rings. The van der Waals surface area contributed by atoms with Crippen molar-refractivity contribution in [2.24, 2.45) is 0 Å². The Morgan fingerprint density at radius 2 is 2.20 bits per heavy atom. The van der Waals surface area contributed by atoms with Crippen molar-refractivity contribution >= 4 is 0 Å². The van der Waals surface area contributed by atoms with Gasteiger partial charge in [-0.25, -0.2) is 0 Å². The smallest absolute Gasteiger partial charge is 0.123 e. The van der Waals surface area contributed by atoms with Crippen LogP contribution >= 0.6 is 0 Å². The van der Waals surface area contributed by atoms with Crippen molar-refractivity contribution in [1.29, 1.82) is 0 Å². The summed E-state index contributed by atoms with van der Waals surface area (Å²) in [7, 11) is 1.71. The van der Waals surface area contributed by atoms with E-state index in [-0.39, 0.29) is 12.1 Å². The molecule has 0 radical (unpaired) electrons. The summed E-state index contributed by atoms with van der Waals surface area (Å²) < 4.78 is 16.5. The maximum atomic E-state index is 5.89. The normalized spacial score (nSPS) is 16.8. The highest BCUT2D eigenvalue weighted by Crippen LogP contribution is 2.27. The third-order valence-corrected chi connectivity index (χ3v) is 3.51. The molecule has 1 heterocycles. The topological polar surface area (TPSA) is 39.7 Å². The van der Waals surface area contributed by atoms with E-state index < -0.39 is 0 Å². The van der Waals surface area contributed by atoms with E-state index in [0.29, 0.717) is 19.8 Å². The third-order valence-electron chi connectivity index (χ3n) is 3.51. The molecular weight excluding hydrogens is 254 g/mol. The van der Waals surface area contributed by atoms with Crippen LogP contribution in [0.5, 0.6) is 5.75 Å². The molecule has 4 heteroatoms. The van der Waals surface area contributed by atoms with E-state index in [9.17, 15) is 0 Å². The van der Waals surface area contributed by atoms with Crippen LogP contribution in [0.3, 0.4) is 0 Å². The zero-order valence-corrected chi connectivity index (χ0v) is 12.6. The Morgan fingerprint density at radius 1 is 1.40 bits per heavy atom. The van der Waals surface area contributed by atoms with Gasteiger partial charge in [-0.1, -0.05) is 24.6 Å². The number of benzene rings is 1. The van der Waals surface area contributed by atoms with Gasteiger partial charge in [-0.2, -0.15) is 0 Å². The molecule has 0 aromatic heterocycles. The van der Waals surface area contributed by atoms with Crippen LogP contribution in [0, 0.1) is 6.92 Å². The molecule has 0 saturated carbocycles. The maximum Gasteiger partial charge on any atom is 0.123 e. The van der Waals surface area contributed by atoms with Gasteiger partial charge in [-0.3, -0.25) is 0 Å². The predicted octanol–water partition coefficient (Wildman–Crippen LogP) is 2.46. The largest absolute Gasteiger partial charge is 0.496 e. The molecule has 0 bridgehead atoms. The van der Waals surface area contributed by atoms with E-state index in [1.807, 2.05) is 6.07 Å². The first-order chi connectivity index (χ1) is 9.74. The molecule has 1 saturated heterocycles. The summed E-state index contributed by atoms with van der Waals surface area (Å²) in [5.41, 5.74) is 2.40. The van der Waals surface area contributed by atoms with E-state index >= 15 is 0 Å². The fraction of sp³-hybridized carbons (Fsp3) is 0.625. The van der Waals surface area contributed by atoms with Crippen LogP contribution in [0.4, 0.5) is 0 Å². The third kappa shape index (κ3) is 3.95. The monoisotopic (exact) mass is 279 g/mol. The van der Waals surface area contributed by atoms with Crippen molar-refractivity contribution in [3.63, 3.8) is 0 Å². The van der Waals surface area contributed by atoms with Crippen LogP contribution in [0.2, 0.25) is 0 Å². The number of hydrogen-bond donors (Lipinski definition) is 1. The molecule has 1 aliphatic rings. The molecule has 1 aromatic carbocycles. The first-order valence-electron chi connectivity index (χ1n) is 7.31. The first-order valence-corrected chi connectivity index (χ1v) is 7.31. The number of hydrogen-bond acceptors (Lipinski definition) is 4. The average Bonchev–Trinajstić information content (AvgIpc) is 2.40. The van der Waals surface area contributed by atoms with Gasteiger partial charge in [0.25, 0.3) is 0 Å². The van der Waals surface area contributed by atoms with Gasteiger partial charge in [0.05, 0.1) is 33.0 Å². The Morgan fingerprint density at radius 3 is 2.80 bits per heavy atom. The van der Waals surface area contributed by atoms with E-state index in [1.54, 1.807) is 7.11 Å². The lowest BCUT2D eigenvalue weighted by atomic mass is 10.0. The Labute approximate surface area is 121 Å². The van der Waals surface area contributed by atoms with Crippen LogP contribution in [-0.4, -0.2) is 39.6 Å². The highest BCUT2D eigenvalue weighted by molar-refractivity contribution is 5.39. The second-order valence-corrected chi connectivity index (χ2v) is 5.24. The van der Waals surface area contributed by atoms with E-state index in [0.717, 1.165) is 18.7 Å². The van der Waals surface area contributed by atoms with Gasteiger partial charge in [0.15, 0.2) is 0 Å². The average molecular weight is 279 g/mol. The van der Waals surface area contributed by atoms with Crippen molar-refractivity contribution in [3.8, 4) is 5.75 Å². The lowest BCUT2D eigenvalue weighted by Gasteiger charge is -2.29. The van der Waals surface area contributed by atoms with Gasteiger partial charge in [-0.05, 0) is 26.0 Å². The van der Waals surface area contributed by atoms with E-state index in [2.05, 4.69) is 31.3 Å². The fourth-order valence-corrected chi connectivity index (χ4v) is 2.25. The Balaban J connectivity index is 2.08. The first kappa shape index (κ1) is 15.3. The highest BCUT2D eigenvalue weighted by atomic mass is 16.6. The van der Waals surface area contributed by atoms with Gasteiger partial charge >= 0.3 is 0 Å². The summed E-state index contributed by atoms with van der Waals surface area (Å²) in [5, 5.41) is 3.55. The van der Waals surface area contributed by atoms with Crippen LogP contribution in [0.15, 0.2) is 18.2 Å². The predicted molar refractivity (Wildman–Crippen MR) is 79.3 cm³/mol. The number of methoxy groups -OCH3 is 1. The zero-order valence-electron chi connectivity index (χ0n) is 12.6. The van der Waals surface area contributed by atoms with Gasteiger partial charge in [0.1, 0.15) is 11.9 Å². The minimum Gasteiger partial charge on any atom is -0.496 e. The molecule has 1 aliphatic heterocycles. The maximum absolute atomic E-state index is 5.89. The van der Waals surface area contributed by atoms with Crippen molar-refractivity contribution < 1.29 is 14.2 Å². The molecule has 0 aliphatic carbocycles. The summed E-state index contributed by atoms with van der Waals surface area (Å²) in [6.07, 6.45) is 1.34. The molecular formula is C16H25NO3. The van der Waals surface area contributed by atoms with Crippen molar-refractivity contribution in [2.45, 2.75) is 32.4 Å². The molecule has 1 unspecified atom stereocenters. The standard InChI is InChI=1S/C16H25NO3/c1-4-7-17-15(11-20-13-9-19-10-13)14-8-12(2)5-6-16(14)18-3/h5-6,8,13,15,17H,4,7,9-11H2,1-3H3. The van der Waals surface area contributed by atoms with Gasteiger partial charge in [0, 0.05) is 5.56 Å². The van der Waals surface area contributed by atoms with Gasteiger partial charge < -0.3 is 19.5 Å².